The van der Waals surface area contributed by atoms with Gasteiger partial charge in [0.2, 0.25) is 0 Å². The Bertz CT molecular complexity index is 742. The number of nitrogens with zero attached hydrogens (tertiary/aromatic N) is 3. The second-order valence-electron chi connectivity index (χ2n) is 3.78. The van der Waals surface area contributed by atoms with Crippen LogP contribution in [0, 0.1) is 32.8 Å². The van der Waals surface area contributed by atoms with Crippen LogP contribution in [0.2, 0.25) is 0 Å². The van der Waals surface area contributed by atoms with Gasteiger partial charge in [0, 0.05) is 21.9 Å². The van der Waals surface area contributed by atoms with Gasteiger partial charge in [0.15, 0.2) is 0 Å². The Morgan fingerprint density at radius 2 is 1.55 bits per heavy atom. The van der Waals surface area contributed by atoms with Crippen molar-refractivity contribution < 1.29 is 4.92 Å². The maximum atomic E-state index is 10.6. The molecule has 0 aromatic heterocycles. The lowest BCUT2D eigenvalue weighted by Crippen LogP contribution is -1.87. The lowest BCUT2D eigenvalue weighted by atomic mass is 10.1. The van der Waals surface area contributed by atoms with Gasteiger partial charge in [-0.1, -0.05) is 11.8 Å². The lowest BCUT2D eigenvalue weighted by molar-refractivity contribution is -0.384. The van der Waals surface area contributed by atoms with Gasteiger partial charge in [-0.25, -0.2) is 0 Å². The zero-order valence-corrected chi connectivity index (χ0v) is 10.9. The van der Waals surface area contributed by atoms with Crippen LogP contribution in [0.15, 0.2) is 52.3 Å². The molecule has 20 heavy (non-hydrogen) atoms. The van der Waals surface area contributed by atoms with Crippen LogP contribution in [0.4, 0.5) is 5.69 Å². The molecule has 0 spiro atoms. The Morgan fingerprint density at radius 3 is 2.10 bits per heavy atom. The minimum atomic E-state index is -0.454. The molecule has 96 valence electrons. The van der Waals surface area contributed by atoms with E-state index >= 15 is 0 Å². The van der Waals surface area contributed by atoms with Crippen molar-refractivity contribution in [1.29, 1.82) is 10.5 Å². The zero-order valence-electron chi connectivity index (χ0n) is 10.1. The molecule has 0 aliphatic heterocycles. The highest BCUT2D eigenvalue weighted by atomic mass is 32.2. The highest BCUT2D eigenvalue weighted by Gasteiger charge is 2.07. The Morgan fingerprint density at radius 1 is 0.950 bits per heavy atom. The molecule has 2 aromatic carbocycles. The van der Waals surface area contributed by atoms with Crippen LogP contribution in [0.3, 0.4) is 0 Å². The fraction of sp³-hybridized carbons (Fsp3) is 0. The molecule has 0 unspecified atom stereocenters. The minimum absolute atomic E-state index is 0.0342. The quantitative estimate of drug-likeness (QED) is 0.634. The lowest BCUT2D eigenvalue weighted by Gasteiger charge is -2.03. The summed E-state index contributed by atoms with van der Waals surface area (Å²) in [5, 5.41) is 28.3. The van der Waals surface area contributed by atoms with E-state index < -0.39 is 4.92 Å². The molecule has 0 saturated carbocycles. The molecule has 0 fully saturated rings. The third-order valence-corrected chi connectivity index (χ3v) is 3.51. The first-order valence-electron chi connectivity index (χ1n) is 5.50. The monoisotopic (exact) mass is 281 g/mol. The van der Waals surface area contributed by atoms with Gasteiger partial charge in [-0.15, -0.1) is 0 Å². The van der Waals surface area contributed by atoms with E-state index in [0.29, 0.717) is 11.1 Å². The van der Waals surface area contributed by atoms with Gasteiger partial charge in [-0.3, -0.25) is 10.1 Å². The Kier molecular flexibility index (Phi) is 3.99. The summed E-state index contributed by atoms with van der Waals surface area (Å²) in [7, 11) is 0. The van der Waals surface area contributed by atoms with Crippen LogP contribution in [0.25, 0.3) is 0 Å². The predicted octanol–water partition coefficient (Wildman–Crippen LogP) is 3.49. The van der Waals surface area contributed by atoms with E-state index in [1.165, 1.54) is 23.9 Å². The minimum Gasteiger partial charge on any atom is -0.258 e. The first-order valence-corrected chi connectivity index (χ1v) is 6.32. The number of nitriles is 2. The van der Waals surface area contributed by atoms with Gasteiger partial charge < -0.3 is 0 Å². The fourth-order valence-corrected chi connectivity index (χ4v) is 2.41. The molecule has 6 heteroatoms. The highest BCUT2D eigenvalue weighted by Crippen LogP contribution is 2.30. The smallest absolute Gasteiger partial charge is 0.258 e. The molecule has 0 bridgehead atoms. The molecule has 0 aliphatic rings. The summed E-state index contributed by atoms with van der Waals surface area (Å²) >= 11 is 1.37. The van der Waals surface area contributed by atoms with Crippen LogP contribution >= 0.6 is 11.8 Å². The van der Waals surface area contributed by atoms with Gasteiger partial charge in [-0.2, -0.15) is 10.5 Å². The maximum absolute atomic E-state index is 10.6. The van der Waals surface area contributed by atoms with E-state index in [1.54, 1.807) is 30.3 Å². The summed E-state index contributed by atoms with van der Waals surface area (Å²) in [6.45, 7) is 0. The number of rotatable bonds is 3. The van der Waals surface area contributed by atoms with Gasteiger partial charge in [0.1, 0.15) is 12.1 Å². The van der Waals surface area contributed by atoms with Crippen molar-refractivity contribution in [2.45, 2.75) is 9.79 Å². The van der Waals surface area contributed by atoms with Crippen molar-refractivity contribution >= 4 is 17.4 Å². The Labute approximate surface area is 119 Å². The third-order valence-electron chi connectivity index (χ3n) is 2.52. The summed E-state index contributed by atoms with van der Waals surface area (Å²) in [4.78, 5) is 11.7. The molecule has 0 atom stereocenters. The molecule has 0 amide bonds. The van der Waals surface area contributed by atoms with E-state index in [-0.39, 0.29) is 5.69 Å². The molecular weight excluding hydrogens is 274 g/mol. The van der Waals surface area contributed by atoms with Crippen LogP contribution in [0.5, 0.6) is 0 Å². The van der Waals surface area contributed by atoms with Crippen LogP contribution in [-0.2, 0) is 0 Å². The van der Waals surface area contributed by atoms with E-state index in [0.717, 1.165) is 9.79 Å². The number of benzene rings is 2. The average Bonchev–Trinajstić information content (AvgIpc) is 2.47. The summed E-state index contributed by atoms with van der Waals surface area (Å²) < 4.78 is 0. The number of hydrogen-bond donors (Lipinski definition) is 0. The number of non-ortho nitro benzene ring substituents is 1. The summed E-state index contributed by atoms with van der Waals surface area (Å²) in [5.41, 5.74) is 0.687. The first-order chi connectivity index (χ1) is 9.63. The zero-order chi connectivity index (χ0) is 14.5. The summed E-state index contributed by atoms with van der Waals surface area (Å²) in [5.74, 6) is 0. The van der Waals surface area contributed by atoms with E-state index in [9.17, 15) is 10.1 Å². The number of hydrogen-bond acceptors (Lipinski definition) is 5. The standard InChI is InChI=1S/C14H7N3O2S/c15-8-10-1-4-14(7-11(10)9-16)20-13-5-2-12(3-6-13)17(18)19/h1-7H. The molecule has 2 aromatic rings. The van der Waals surface area contributed by atoms with Crippen molar-refractivity contribution in [3.8, 4) is 12.1 Å². The van der Waals surface area contributed by atoms with Crippen molar-refractivity contribution in [3.63, 3.8) is 0 Å². The van der Waals surface area contributed by atoms with E-state index in [2.05, 4.69) is 0 Å². The van der Waals surface area contributed by atoms with Gasteiger partial charge >= 0.3 is 0 Å². The Hall–Kier alpha value is -2.83. The molecule has 0 N–H and O–H groups in total. The van der Waals surface area contributed by atoms with Crippen molar-refractivity contribution in [2.24, 2.45) is 0 Å². The molecule has 0 aliphatic carbocycles. The SMILES string of the molecule is N#Cc1ccc(Sc2ccc([N+](=O)[O-])cc2)cc1C#N. The molecular formula is C14H7N3O2S. The summed E-state index contributed by atoms with van der Waals surface area (Å²) in [6, 6.07) is 15.0. The van der Waals surface area contributed by atoms with Crippen molar-refractivity contribution in [1.82, 2.24) is 0 Å². The predicted molar refractivity (Wildman–Crippen MR) is 73.1 cm³/mol. The second kappa shape index (κ2) is 5.87. The molecule has 0 heterocycles. The summed E-state index contributed by atoms with van der Waals surface area (Å²) in [6.07, 6.45) is 0. The molecule has 0 saturated heterocycles. The number of nitro benzene ring substituents is 1. The van der Waals surface area contributed by atoms with Crippen molar-refractivity contribution in [3.05, 3.63) is 63.7 Å². The maximum Gasteiger partial charge on any atom is 0.269 e. The fourth-order valence-electron chi connectivity index (χ4n) is 1.55. The topological polar surface area (TPSA) is 90.7 Å². The van der Waals surface area contributed by atoms with Gasteiger partial charge in [0.25, 0.3) is 5.69 Å². The highest BCUT2D eigenvalue weighted by molar-refractivity contribution is 7.99. The molecule has 2 rings (SSSR count). The first kappa shape index (κ1) is 13.6. The van der Waals surface area contributed by atoms with Crippen LogP contribution < -0.4 is 0 Å². The third kappa shape index (κ3) is 2.94. The van der Waals surface area contributed by atoms with E-state index in [1.807, 2.05) is 12.1 Å². The van der Waals surface area contributed by atoms with Gasteiger partial charge in [0.05, 0.1) is 16.1 Å². The molecule has 0 radical (unpaired) electrons. The Balaban J connectivity index is 2.24. The number of nitro groups is 1. The average molecular weight is 281 g/mol. The van der Waals surface area contributed by atoms with Crippen LogP contribution in [0.1, 0.15) is 11.1 Å². The molecule has 5 nitrogen and oxygen atoms in total. The van der Waals surface area contributed by atoms with E-state index in [4.69, 9.17) is 10.5 Å². The van der Waals surface area contributed by atoms with Crippen molar-refractivity contribution in [2.75, 3.05) is 0 Å². The second-order valence-corrected chi connectivity index (χ2v) is 4.93. The van der Waals surface area contributed by atoms with Gasteiger partial charge in [-0.05, 0) is 30.3 Å². The van der Waals surface area contributed by atoms with Crippen LogP contribution in [-0.4, -0.2) is 4.92 Å². The normalized spacial score (nSPS) is 9.50. The largest absolute Gasteiger partial charge is 0.269 e.